The molecule has 4 rings (SSSR count). The summed E-state index contributed by atoms with van der Waals surface area (Å²) in [6, 6.07) is 14.8. The fourth-order valence-corrected chi connectivity index (χ4v) is 4.68. The smallest absolute Gasteiger partial charge is 0.335 e. The van der Waals surface area contributed by atoms with Gasteiger partial charge in [-0.3, -0.25) is 0 Å². The summed E-state index contributed by atoms with van der Waals surface area (Å²) in [5, 5.41) is 46.1. The lowest BCUT2D eigenvalue weighted by atomic mass is 9.99. The molecule has 2 aromatic carbocycles. The summed E-state index contributed by atoms with van der Waals surface area (Å²) in [5.41, 5.74) is 0. The zero-order chi connectivity index (χ0) is 24.2. The Morgan fingerprint density at radius 2 is 1.74 bits per heavy atom. The predicted octanol–water partition coefficient (Wildman–Crippen LogP) is 1.90. The highest BCUT2D eigenvalue weighted by Crippen LogP contribution is 2.38. The topological polar surface area (TPSA) is 138 Å². The number of aliphatic hydroxyl groups excluding tert-OH is 3. The van der Waals surface area contributed by atoms with Gasteiger partial charge in [-0.2, -0.15) is 0 Å². The van der Waals surface area contributed by atoms with E-state index >= 15 is 0 Å². The van der Waals surface area contributed by atoms with E-state index in [0.29, 0.717) is 16.9 Å². The van der Waals surface area contributed by atoms with Crippen LogP contribution in [0.1, 0.15) is 17.4 Å². The summed E-state index contributed by atoms with van der Waals surface area (Å²) in [5.74, 6) is -0.522. The Morgan fingerprint density at radius 1 is 1.03 bits per heavy atom. The lowest BCUT2D eigenvalue weighted by Gasteiger charge is -2.38. The second kappa shape index (κ2) is 10.7. The minimum absolute atomic E-state index is 0.154. The summed E-state index contributed by atoms with van der Waals surface area (Å²) in [4.78, 5) is 12.5. The average Bonchev–Trinajstić information content (AvgIpc) is 3.37. The molecule has 3 aromatic rings. The van der Waals surface area contributed by atoms with E-state index in [1.807, 2.05) is 42.8 Å². The van der Waals surface area contributed by atoms with Crippen LogP contribution in [0.2, 0.25) is 0 Å². The van der Waals surface area contributed by atoms with Gasteiger partial charge in [0.1, 0.15) is 35.9 Å². The van der Waals surface area contributed by atoms with Crippen molar-refractivity contribution in [1.29, 1.82) is 0 Å². The fourth-order valence-electron chi connectivity index (χ4n) is 3.89. The number of carboxylic acid groups (broad SMARTS) is 1. The van der Waals surface area contributed by atoms with E-state index in [9.17, 15) is 25.2 Å². The number of hydrogen-bond acceptors (Lipinski definition) is 9. The van der Waals surface area contributed by atoms with Crippen LogP contribution >= 0.6 is 11.3 Å². The van der Waals surface area contributed by atoms with Gasteiger partial charge in [0.15, 0.2) is 6.10 Å². The molecular weight excluding hydrogens is 462 g/mol. The van der Waals surface area contributed by atoms with E-state index in [1.165, 1.54) is 0 Å². The minimum Gasteiger partial charge on any atom is -0.484 e. The van der Waals surface area contributed by atoms with Crippen molar-refractivity contribution in [2.24, 2.45) is 0 Å². The molecular formula is C24H27NO8S. The van der Waals surface area contributed by atoms with Gasteiger partial charge in [-0.05, 0) is 37.2 Å². The highest BCUT2D eigenvalue weighted by molar-refractivity contribution is 7.10. The van der Waals surface area contributed by atoms with Crippen molar-refractivity contribution in [3.8, 4) is 11.5 Å². The molecule has 182 valence electrons. The molecule has 9 nitrogen and oxygen atoms in total. The van der Waals surface area contributed by atoms with Gasteiger partial charge < -0.3 is 40.0 Å². The minimum atomic E-state index is -1.79. The number of aliphatic carboxylic acids is 1. The summed E-state index contributed by atoms with van der Waals surface area (Å²) >= 11 is 1.62. The van der Waals surface area contributed by atoms with Crippen LogP contribution in [-0.4, -0.2) is 70.7 Å². The van der Waals surface area contributed by atoms with Crippen LogP contribution in [0.5, 0.6) is 11.5 Å². The standard InChI is InChI=1S/C24H27NO8S/c1-25-11-10-17(18-7-4-12-34-18)31-15-8-9-16(14-6-3-2-5-13(14)15)32-24-21(28)19(26)20(27)22(33-24)23(29)30/h2-9,12,17,19-22,24-28H,10-11H2,1H3,(H,29,30)/t17-,19?,20?,21?,22?,24?/m0/s1. The number of carbonyl (C=O) groups is 1. The first kappa shape index (κ1) is 24.4. The number of hydrogen-bond donors (Lipinski definition) is 5. The summed E-state index contributed by atoms with van der Waals surface area (Å²) < 4.78 is 17.5. The third-order valence-corrected chi connectivity index (χ3v) is 6.65. The summed E-state index contributed by atoms with van der Waals surface area (Å²) in [6.45, 7) is 0.775. The Balaban J connectivity index is 1.62. The number of carboxylic acids is 1. The van der Waals surface area contributed by atoms with Crippen molar-refractivity contribution in [3.63, 3.8) is 0 Å². The molecule has 0 radical (unpaired) electrons. The van der Waals surface area contributed by atoms with Crippen LogP contribution in [0, 0.1) is 0 Å². The first-order chi connectivity index (χ1) is 16.4. The van der Waals surface area contributed by atoms with Crippen LogP contribution < -0.4 is 14.8 Å². The number of rotatable bonds is 9. The van der Waals surface area contributed by atoms with Gasteiger partial charge in [0.05, 0.1) is 0 Å². The summed E-state index contributed by atoms with van der Waals surface area (Å²) in [7, 11) is 1.89. The molecule has 0 amide bonds. The fraction of sp³-hybridized carbons (Fsp3) is 0.375. The number of benzene rings is 2. The molecule has 0 bridgehead atoms. The Bertz CT molecular complexity index is 1110. The zero-order valence-electron chi connectivity index (χ0n) is 18.4. The summed E-state index contributed by atoms with van der Waals surface area (Å²) in [6.07, 6.45) is -7.80. The zero-order valence-corrected chi connectivity index (χ0v) is 19.2. The van der Waals surface area contributed by atoms with Crippen molar-refractivity contribution in [1.82, 2.24) is 5.32 Å². The molecule has 1 aromatic heterocycles. The molecule has 6 atom stereocenters. The van der Waals surface area contributed by atoms with Gasteiger partial charge in [-0.15, -0.1) is 11.3 Å². The maximum Gasteiger partial charge on any atom is 0.335 e. The van der Waals surface area contributed by atoms with E-state index in [2.05, 4.69) is 5.32 Å². The van der Waals surface area contributed by atoms with Gasteiger partial charge in [0.2, 0.25) is 6.29 Å². The lowest BCUT2D eigenvalue weighted by molar-refractivity contribution is -0.270. The predicted molar refractivity (Wildman–Crippen MR) is 125 cm³/mol. The molecule has 2 heterocycles. The molecule has 0 aliphatic carbocycles. The van der Waals surface area contributed by atoms with Crippen LogP contribution in [0.25, 0.3) is 10.8 Å². The highest BCUT2D eigenvalue weighted by atomic mass is 32.1. The van der Waals surface area contributed by atoms with E-state index in [1.54, 1.807) is 29.5 Å². The Labute approximate surface area is 200 Å². The monoisotopic (exact) mass is 489 g/mol. The molecule has 1 aliphatic heterocycles. The van der Waals surface area contributed by atoms with Crippen LogP contribution in [-0.2, 0) is 9.53 Å². The molecule has 1 fully saturated rings. The van der Waals surface area contributed by atoms with Crippen molar-refractivity contribution in [2.75, 3.05) is 13.6 Å². The van der Waals surface area contributed by atoms with Crippen molar-refractivity contribution < 1.29 is 39.4 Å². The maximum absolute atomic E-state index is 11.4. The molecule has 1 saturated heterocycles. The second-order valence-corrected chi connectivity index (χ2v) is 8.95. The van der Waals surface area contributed by atoms with E-state index in [4.69, 9.17) is 14.2 Å². The quantitative estimate of drug-likeness (QED) is 0.305. The number of nitrogens with one attached hydrogen (secondary N) is 1. The number of ether oxygens (including phenoxy) is 3. The van der Waals surface area contributed by atoms with Crippen molar-refractivity contribution >= 4 is 28.1 Å². The number of thiophene rings is 1. The lowest BCUT2D eigenvalue weighted by Crippen LogP contribution is -2.61. The van der Waals surface area contributed by atoms with E-state index < -0.39 is 36.7 Å². The number of aliphatic hydroxyl groups is 3. The molecule has 0 spiro atoms. The van der Waals surface area contributed by atoms with Crippen molar-refractivity contribution in [3.05, 3.63) is 58.8 Å². The van der Waals surface area contributed by atoms with Gasteiger partial charge in [0, 0.05) is 22.1 Å². The molecule has 1 aliphatic rings. The number of fused-ring (bicyclic) bond motifs is 1. The molecule has 5 unspecified atom stereocenters. The average molecular weight is 490 g/mol. The van der Waals surface area contributed by atoms with Crippen molar-refractivity contribution in [2.45, 2.75) is 43.2 Å². The third kappa shape index (κ3) is 5.02. The van der Waals surface area contributed by atoms with E-state index in [0.717, 1.165) is 23.2 Å². The first-order valence-corrected chi connectivity index (χ1v) is 11.7. The normalized spacial score (nSPS) is 25.7. The Hall–Kier alpha value is -2.73. The van der Waals surface area contributed by atoms with Crippen LogP contribution in [0.4, 0.5) is 0 Å². The van der Waals surface area contributed by atoms with Crippen LogP contribution in [0.15, 0.2) is 53.9 Å². The third-order valence-electron chi connectivity index (χ3n) is 5.69. The van der Waals surface area contributed by atoms with Crippen LogP contribution in [0.3, 0.4) is 0 Å². The van der Waals surface area contributed by atoms with Gasteiger partial charge in [-0.1, -0.05) is 30.3 Å². The van der Waals surface area contributed by atoms with Gasteiger partial charge in [0.25, 0.3) is 0 Å². The molecule has 5 N–H and O–H groups in total. The Kier molecular flexibility index (Phi) is 7.67. The first-order valence-electron chi connectivity index (χ1n) is 10.9. The van der Waals surface area contributed by atoms with E-state index in [-0.39, 0.29) is 6.10 Å². The molecule has 0 saturated carbocycles. The second-order valence-electron chi connectivity index (χ2n) is 7.97. The van der Waals surface area contributed by atoms with Gasteiger partial charge in [-0.25, -0.2) is 4.79 Å². The Morgan fingerprint density at radius 3 is 2.38 bits per heavy atom. The molecule has 10 heteroatoms. The maximum atomic E-state index is 11.4. The highest BCUT2D eigenvalue weighted by Gasteiger charge is 2.48. The SMILES string of the molecule is CNCC[C@H](Oc1ccc(OC2OC(C(=O)O)C(O)C(O)C2O)c2ccccc12)c1cccs1. The van der Waals surface area contributed by atoms with Gasteiger partial charge >= 0.3 is 5.97 Å². The molecule has 34 heavy (non-hydrogen) atoms. The largest absolute Gasteiger partial charge is 0.484 e.